The van der Waals surface area contributed by atoms with Gasteiger partial charge in [0.1, 0.15) is 6.29 Å². The fourth-order valence-electron chi connectivity index (χ4n) is 2.95. The maximum atomic E-state index is 15.3. The maximum Gasteiger partial charge on any atom is 0.510 e. The van der Waals surface area contributed by atoms with Crippen molar-refractivity contribution >= 4 is 37.5 Å². The van der Waals surface area contributed by atoms with Gasteiger partial charge in [-0.15, -0.1) is 0 Å². The van der Waals surface area contributed by atoms with Crippen molar-refractivity contribution in [2.45, 2.75) is 92.4 Å². The van der Waals surface area contributed by atoms with Gasteiger partial charge in [0, 0.05) is 6.08 Å². The average molecular weight is 571 g/mol. The summed E-state index contributed by atoms with van der Waals surface area (Å²) in [5.74, 6) is -2.43. The van der Waals surface area contributed by atoms with Crippen molar-refractivity contribution in [1.82, 2.24) is 5.32 Å². The number of ether oxygens (including phenoxy) is 2. The zero-order valence-corrected chi connectivity index (χ0v) is 24.7. The molecule has 11 heteroatoms. The zero-order valence-electron chi connectivity index (χ0n) is 23.8. The summed E-state index contributed by atoms with van der Waals surface area (Å²) < 4.78 is 53.7. The van der Waals surface area contributed by atoms with Crippen molar-refractivity contribution in [2.24, 2.45) is 10.8 Å². The number of aldehydes is 1. The molecule has 1 aromatic rings. The molecule has 8 nitrogen and oxygen atoms in total. The second-order valence-electron chi connectivity index (χ2n) is 11.3. The first-order chi connectivity index (χ1) is 17.8. The lowest BCUT2D eigenvalue weighted by Gasteiger charge is -2.22. The molecule has 0 fully saturated rings. The topological polar surface area (TPSA) is 116 Å². The van der Waals surface area contributed by atoms with Crippen molar-refractivity contribution in [3.63, 3.8) is 0 Å². The van der Waals surface area contributed by atoms with E-state index in [1.807, 2.05) is 6.92 Å². The van der Waals surface area contributed by atoms with Gasteiger partial charge < -0.3 is 19.6 Å². The first kappa shape index (κ1) is 34.0. The number of carbonyl (C=O) groups is 4. The number of carbonyl (C=O) groups excluding carboxylic acids is 4. The number of rotatable bonds is 12. The minimum absolute atomic E-state index is 0.436. The molecule has 1 N–H and O–H groups in total. The maximum absolute atomic E-state index is 15.3. The molecule has 0 radical (unpaired) electrons. The molecule has 0 bridgehead atoms. The van der Waals surface area contributed by atoms with E-state index in [2.05, 4.69) is 5.32 Å². The number of esters is 2. The van der Waals surface area contributed by atoms with E-state index in [1.54, 1.807) is 6.92 Å². The summed E-state index contributed by atoms with van der Waals surface area (Å²) in [4.78, 5) is 48.2. The lowest BCUT2D eigenvalue weighted by Crippen LogP contribution is -2.34. The van der Waals surface area contributed by atoms with Gasteiger partial charge in [-0.25, -0.2) is 0 Å². The van der Waals surface area contributed by atoms with Crippen LogP contribution < -0.4 is 5.32 Å². The molecule has 0 aliphatic heterocycles. The van der Waals surface area contributed by atoms with E-state index in [-0.39, 0.29) is 0 Å². The Morgan fingerprint density at radius 2 is 1.46 bits per heavy atom. The number of hydrogen-bond acceptors (Lipinski definition) is 7. The van der Waals surface area contributed by atoms with Gasteiger partial charge in [-0.3, -0.25) is 14.4 Å². The highest BCUT2D eigenvalue weighted by Gasteiger charge is 2.62. The number of nitrogens with one attached hydrogen (secondary N) is 1. The summed E-state index contributed by atoms with van der Waals surface area (Å²) in [5.41, 5.74) is -6.06. The van der Waals surface area contributed by atoms with Gasteiger partial charge in [0.25, 0.3) is 0 Å². The van der Waals surface area contributed by atoms with E-state index in [1.165, 1.54) is 59.8 Å². The molecule has 2 atom stereocenters. The molecule has 0 saturated heterocycles. The van der Waals surface area contributed by atoms with Crippen LogP contribution in [0.2, 0.25) is 0 Å². The van der Waals surface area contributed by atoms with Crippen LogP contribution >= 0.6 is 7.80 Å². The van der Waals surface area contributed by atoms with Gasteiger partial charge >= 0.3 is 31.4 Å². The van der Waals surface area contributed by atoms with Crippen LogP contribution in [-0.2, 0) is 38.9 Å². The predicted octanol–water partition coefficient (Wildman–Crippen LogP) is 6.30. The summed E-state index contributed by atoms with van der Waals surface area (Å²) >= 11 is 0. The molecule has 0 heterocycles. The summed E-state index contributed by atoms with van der Waals surface area (Å²) in [6.45, 7) is 12.4. The summed E-state index contributed by atoms with van der Waals surface area (Å²) in [5, 5.41) is 2.59. The van der Waals surface area contributed by atoms with Crippen molar-refractivity contribution in [1.29, 1.82) is 0 Å². The Labute approximate surface area is 229 Å². The highest BCUT2D eigenvalue weighted by atomic mass is 31.1. The lowest BCUT2D eigenvalue weighted by molar-refractivity contribution is -0.185. The molecule has 216 valence electrons. The van der Waals surface area contributed by atoms with Crippen LogP contribution in [0.5, 0.6) is 0 Å². The van der Waals surface area contributed by atoms with Crippen molar-refractivity contribution in [2.75, 3.05) is 0 Å². The Hall–Kier alpha value is -3.00. The number of allylic oxidation sites excluding steroid dienone is 1. The Morgan fingerprint density at radius 1 is 0.974 bits per heavy atom. The second-order valence-corrected chi connectivity index (χ2v) is 12.9. The molecule has 0 aliphatic carbocycles. The number of amides is 1. The highest BCUT2D eigenvalue weighted by Crippen LogP contribution is 2.54. The van der Waals surface area contributed by atoms with Crippen LogP contribution in [-0.4, -0.2) is 36.2 Å². The molecular formula is C28H39F2NO7P+. The number of hydrogen-bond donors (Lipinski definition) is 1. The van der Waals surface area contributed by atoms with E-state index in [0.717, 1.165) is 25.0 Å². The zero-order chi connectivity index (χ0) is 30.2. The van der Waals surface area contributed by atoms with Gasteiger partial charge in [0.2, 0.25) is 5.91 Å². The third-order valence-electron chi connectivity index (χ3n) is 5.50. The minimum Gasteiger partial charge on any atom is -0.383 e. The molecular weight excluding hydrogens is 531 g/mol. The molecule has 1 aromatic carbocycles. The molecule has 1 rings (SSSR count). The third-order valence-corrected chi connectivity index (χ3v) is 6.91. The summed E-state index contributed by atoms with van der Waals surface area (Å²) in [7, 11) is -3.76. The Bertz CT molecular complexity index is 1060. The van der Waals surface area contributed by atoms with Crippen molar-refractivity contribution in [3.05, 3.63) is 41.5 Å². The monoisotopic (exact) mass is 570 g/mol. The average Bonchev–Trinajstić information content (AvgIpc) is 2.84. The van der Waals surface area contributed by atoms with E-state index < -0.39 is 59.8 Å². The number of alkyl halides is 2. The SMILES string of the molecule is CCCC[C@@H](C=O)NC(=O)C=C(C)c1ccc(C(F)(F)[P+](=O)C(OC(=O)C(C)(C)C)OC(=O)C(C)(C)C)cc1. The van der Waals surface area contributed by atoms with E-state index in [9.17, 15) is 23.7 Å². The summed E-state index contributed by atoms with van der Waals surface area (Å²) in [6.07, 6.45) is 4.08. The van der Waals surface area contributed by atoms with Crippen LogP contribution in [0.25, 0.3) is 5.57 Å². The van der Waals surface area contributed by atoms with Gasteiger partial charge in [-0.2, -0.15) is 8.78 Å². The number of halogens is 2. The highest BCUT2D eigenvalue weighted by molar-refractivity contribution is 7.46. The smallest absolute Gasteiger partial charge is 0.383 e. The van der Waals surface area contributed by atoms with Crippen molar-refractivity contribution < 1.29 is 42.0 Å². The minimum atomic E-state index is -4.03. The van der Waals surface area contributed by atoms with Crippen LogP contribution in [0.1, 0.15) is 85.8 Å². The number of unbranched alkanes of at least 4 members (excludes halogenated alkanes) is 1. The lowest BCUT2D eigenvalue weighted by atomic mass is 9.97. The first-order valence-electron chi connectivity index (χ1n) is 12.7. The van der Waals surface area contributed by atoms with Crippen LogP contribution in [0.15, 0.2) is 30.3 Å². The molecule has 39 heavy (non-hydrogen) atoms. The molecule has 1 unspecified atom stereocenters. The molecule has 0 aliphatic rings. The largest absolute Gasteiger partial charge is 0.510 e. The second kappa shape index (κ2) is 13.9. The fraction of sp³-hybridized carbons (Fsp3) is 0.571. The molecule has 0 spiro atoms. The van der Waals surface area contributed by atoms with E-state index >= 15 is 8.78 Å². The predicted molar refractivity (Wildman–Crippen MR) is 144 cm³/mol. The Morgan fingerprint density at radius 3 is 1.87 bits per heavy atom. The molecule has 0 saturated carbocycles. The summed E-state index contributed by atoms with van der Waals surface area (Å²) in [6, 6.07) is 1.76. The third kappa shape index (κ3) is 10.2. The molecule has 0 aromatic heterocycles. The van der Waals surface area contributed by atoms with E-state index in [4.69, 9.17) is 9.47 Å². The van der Waals surface area contributed by atoms with Crippen molar-refractivity contribution in [3.8, 4) is 0 Å². The van der Waals surface area contributed by atoms with Crippen LogP contribution in [0.3, 0.4) is 0 Å². The quantitative estimate of drug-likeness (QED) is 0.103. The van der Waals surface area contributed by atoms with Gasteiger partial charge in [0.05, 0.1) is 22.4 Å². The van der Waals surface area contributed by atoms with Gasteiger partial charge in [0.15, 0.2) is 0 Å². The van der Waals surface area contributed by atoms with Gasteiger partial charge in [-0.1, -0.05) is 36.5 Å². The Balaban J connectivity index is 3.18. The first-order valence-corrected chi connectivity index (χ1v) is 14.0. The Kier molecular flexibility index (Phi) is 12.1. The molecule has 1 amide bonds. The fourth-order valence-corrected chi connectivity index (χ4v) is 4.00. The van der Waals surface area contributed by atoms with Gasteiger partial charge in [-0.05, 0) is 78.2 Å². The normalized spacial score (nSPS) is 13.9. The number of benzene rings is 1. The standard InChI is InChI=1S/C28H38F2NO7P/c1-9-10-11-21(17-32)31-22(33)16-18(2)19-12-14-20(15-13-19)28(29,30)39(36)25(37-23(34)26(3,4)5)38-24(35)27(6,7)8/h12-17,21,25H,9-11H2,1-8H3/p+1/t21-/m0/s1. The van der Waals surface area contributed by atoms with Crippen LogP contribution in [0.4, 0.5) is 8.78 Å². The van der Waals surface area contributed by atoms with E-state index in [0.29, 0.717) is 23.8 Å². The van der Waals surface area contributed by atoms with Crippen LogP contribution in [0, 0.1) is 10.8 Å².